The smallest absolute Gasteiger partial charge is 0.335 e. The van der Waals surface area contributed by atoms with Crippen LogP contribution in [0.3, 0.4) is 0 Å². The number of hydrogen-bond acceptors (Lipinski definition) is 5. The fraction of sp³-hybridized carbons (Fsp3) is 0.129. The second-order valence-electron chi connectivity index (χ2n) is 9.30. The van der Waals surface area contributed by atoms with Crippen LogP contribution >= 0.6 is 31.9 Å². The van der Waals surface area contributed by atoms with Gasteiger partial charge in [0.25, 0.3) is 11.8 Å². The fourth-order valence-electron chi connectivity index (χ4n) is 4.57. The lowest BCUT2D eigenvalue weighted by Crippen LogP contribution is -2.54. The fourth-order valence-corrected chi connectivity index (χ4v) is 5.39. The maximum Gasteiger partial charge on any atom is 0.335 e. The third-order valence-corrected chi connectivity index (χ3v) is 8.18. The highest BCUT2D eigenvalue weighted by atomic mass is 79.9. The van der Waals surface area contributed by atoms with Gasteiger partial charge in [0.15, 0.2) is 11.5 Å². The second kappa shape index (κ2) is 11.3. The van der Waals surface area contributed by atoms with Crippen molar-refractivity contribution >= 4 is 72.2 Å². The van der Waals surface area contributed by atoms with Crippen LogP contribution in [-0.2, 0) is 16.2 Å². The van der Waals surface area contributed by atoms with E-state index in [0.29, 0.717) is 33.8 Å². The minimum atomic E-state index is -0.805. The Kier molecular flexibility index (Phi) is 7.78. The van der Waals surface area contributed by atoms with E-state index >= 15 is 0 Å². The maximum absolute atomic E-state index is 13.3. The quantitative estimate of drug-likeness (QED) is 0.174. The molecular weight excluding hydrogens is 640 g/mol. The van der Waals surface area contributed by atoms with Crippen molar-refractivity contribution < 1.29 is 23.9 Å². The molecule has 4 amide bonds. The van der Waals surface area contributed by atoms with E-state index in [2.05, 4.69) is 61.4 Å². The zero-order valence-corrected chi connectivity index (χ0v) is 25.1. The average molecular weight is 664 g/mol. The highest BCUT2D eigenvalue weighted by molar-refractivity contribution is 9.10. The maximum atomic E-state index is 13.3. The van der Waals surface area contributed by atoms with E-state index in [0.717, 1.165) is 36.8 Å². The molecule has 5 rings (SSSR count). The number of benzene rings is 4. The van der Waals surface area contributed by atoms with Gasteiger partial charge in [-0.25, -0.2) is 9.69 Å². The predicted octanol–water partition coefficient (Wildman–Crippen LogP) is 7.24. The normalized spacial score (nSPS) is 14.6. The van der Waals surface area contributed by atoms with Crippen LogP contribution in [0.25, 0.3) is 16.8 Å². The summed E-state index contributed by atoms with van der Waals surface area (Å²) in [6.45, 7) is 4.20. The van der Waals surface area contributed by atoms with Gasteiger partial charge in [0.1, 0.15) is 12.2 Å². The van der Waals surface area contributed by atoms with Gasteiger partial charge in [-0.1, -0.05) is 52.3 Å². The molecule has 202 valence electrons. The van der Waals surface area contributed by atoms with Crippen LogP contribution in [0.4, 0.5) is 10.5 Å². The number of ether oxygens (including phenoxy) is 2. The Morgan fingerprint density at radius 3 is 2.42 bits per heavy atom. The number of halogens is 2. The lowest BCUT2D eigenvalue weighted by atomic mass is 10.0. The van der Waals surface area contributed by atoms with Crippen LogP contribution in [0.2, 0.25) is 0 Å². The van der Waals surface area contributed by atoms with Crippen molar-refractivity contribution in [1.29, 1.82) is 0 Å². The number of anilines is 1. The second-order valence-corrected chi connectivity index (χ2v) is 11.0. The van der Waals surface area contributed by atoms with Crippen LogP contribution in [0.5, 0.6) is 11.5 Å². The van der Waals surface area contributed by atoms with Gasteiger partial charge in [-0.05, 0) is 93.6 Å². The summed E-state index contributed by atoms with van der Waals surface area (Å²) in [4.78, 5) is 39.6. The first kappa shape index (κ1) is 27.6. The number of aryl methyl sites for hydroxylation is 2. The topological polar surface area (TPSA) is 84.9 Å². The molecule has 0 saturated carbocycles. The first-order valence-electron chi connectivity index (χ1n) is 12.3. The molecule has 9 heteroatoms. The summed E-state index contributed by atoms with van der Waals surface area (Å²) in [6, 6.07) is 19.9. The van der Waals surface area contributed by atoms with Crippen molar-refractivity contribution in [2.75, 3.05) is 12.0 Å². The number of amides is 4. The number of urea groups is 1. The SMILES string of the molecule is COc1cc(/C=C2/C(=O)NC(=O)N(c3ccc(Br)c(C)c3)C2=O)cc(Br)c1OCc1c(C)ccc2ccccc12. The lowest BCUT2D eigenvalue weighted by Gasteiger charge is -2.26. The number of carbonyl (C=O) groups is 3. The Morgan fingerprint density at radius 2 is 1.68 bits per heavy atom. The van der Waals surface area contributed by atoms with Crippen molar-refractivity contribution in [1.82, 2.24) is 5.32 Å². The molecule has 1 aliphatic rings. The van der Waals surface area contributed by atoms with Gasteiger partial charge >= 0.3 is 6.03 Å². The third-order valence-electron chi connectivity index (χ3n) is 6.70. The van der Waals surface area contributed by atoms with Crippen LogP contribution in [0.1, 0.15) is 22.3 Å². The van der Waals surface area contributed by atoms with Gasteiger partial charge in [0, 0.05) is 10.0 Å². The molecule has 0 spiro atoms. The van der Waals surface area contributed by atoms with Crippen molar-refractivity contribution in [2.24, 2.45) is 0 Å². The van der Waals surface area contributed by atoms with E-state index in [4.69, 9.17) is 9.47 Å². The van der Waals surface area contributed by atoms with Crippen LogP contribution in [-0.4, -0.2) is 25.0 Å². The van der Waals surface area contributed by atoms with Gasteiger partial charge < -0.3 is 9.47 Å². The van der Waals surface area contributed by atoms with E-state index in [9.17, 15) is 14.4 Å². The number of imide groups is 2. The Hall–Kier alpha value is -3.95. The Morgan fingerprint density at radius 1 is 0.900 bits per heavy atom. The van der Waals surface area contributed by atoms with E-state index in [1.165, 1.54) is 13.2 Å². The minimum Gasteiger partial charge on any atom is -0.493 e. The molecule has 1 fully saturated rings. The van der Waals surface area contributed by atoms with Crippen molar-refractivity contribution in [3.8, 4) is 11.5 Å². The summed E-state index contributed by atoms with van der Waals surface area (Å²) >= 11 is 6.98. The largest absolute Gasteiger partial charge is 0.493 e. The summed E-state index contributed by atoms with van der Waals surface area (Å²) in [5.74, 6) is -0.600. The van der Waals surface area contributed by atoms with E-state index in [1.54, 1.807) is 30.3 Å². The highest BCUT2D eigenvalue weighted by Crippen LogP contribution is 2.39. The molecule has 1 aliphatic heterocycles. The number of nitrogens with one attached hydrogen (secondary N) is 1. The molecule has 4 aromatic rings. The molecule has 0 bridgehead atoms. The van der Waals surface area contributed by atoms with Gasteiger partial charge in [0.2, 0.25) is 0 Å². The highest BCUT2D eigenvalue weighted by Gasteiger charge is 2.37. The monoisotopic (exact) mass is 662 g/mol. The van der Waals surface area contributed by atoms with Crippen LogP contribution in [0.15, 0.2) is 81.2 Å². The minimum absolute atomic E-state index is 0.186. The van der Waals surface area contributed by atoms with Gasteiger partial charge in [-0.2, -0.15) is 0 Å². The number of hydrogen-bond donors (Lipinski definition) is 1. The van der Waals surface area contributed by atoms with Crippen molar-refractivity contribution in [2.45, 2.75) is 20.5 Å². The molecule has 7 nitrogen and oxygen atoms in total. The number of nitrogens with zero attached hydrogens (tertiary/aromatic N) is 1. The zero-order valence-electron chi connectivity index (χ0n) is 21.9. The standard InChI is InChI=1S/C31H24Br2N2O5/c1-17-8-9-20-6-4-5-7-22(20)24(17)16-40-28-26(33)14-19(15-27(28)39-3)13-23-29(36)34-31(38)35(30(23)37)21-10-11-25(32)18(2)12-21/h4-15H,16H2,1-3H3,(H,34,36,38)/b23-13-. The van der Waals surface area contributed by atoms with Gasteiger partial charge in [0.05, 0.1) is 17.3 Å². The predicted molar refractivity (Wildman–Crippen MR) is 162 cm³/mol. The molecule has 40 heavy (non-hydrogen) atoms. The number of carbonyl (C=O) groups excluding carboxylic acids is 3. The van der Waals surface area contributed by atoms with Crippen LogP contribution in [0, 0.1) is 13.8 Å². The molecule has 0 aromatic heterocycles. The van der Waals surface area contributed by atoms with E-state index < -0.39 is 17.8 Å². The molecule has 4 aromatic carbocycles. The van der Waals surface area contributed by atoms with Crippen molar-refractivity contribution in [3.05, 3.63) is 104 Å². The molecule has 0 atom stereocenters. The van der Waals surface area contributed by atoms with Gasteiger partial charge in [-0.3, -0.25) is 14.9 Å². The third kappa shape index (κ3) is 5.26. The van der Waals surface area contributed by atoms with Gasteiger partial charge in [-0.15, -0.1) is 0 Å². The first-order valence-corrected chi connectivity index (χ1v) is 13.9. The van der Waals surface area contributed by atoms with Crippen molar-refractivity contribution in [3.63, 3.8) is 0 Å². The first-order chi connectivity index (χ1) is 19.2. The van der Waals surface area contributed by atoms with E-state index in [-0.39, 0.29) is 5.57 Å². The number of rotatable bonds is 6. The number of fused-ring (bicyclic) bond motifs is 1. The molecular formula is C31H24Br2N2O5. The molecule has 0 aliphatic carbocycles. The summed E-state index contributed by atoms with van der Waals surface area (Å²) in [5.41, 5.74) is 3.69. The summed E-state index contributed by atoms with van der Waals surface area (Å²) in [7, 11) is 1.52. The number of methoxy groups -OCH3 is 1. The molecule has 1 heterocycles. The molecule has 1 saturated heterocycles. The molecule has 0 unspecified atom stereocenters. The summed E-state index contributed by atoms with van der Waals surface area (Å²) in [6.07, 6.45) is 1.43. The summed E-state index contributed by atoms with van der Waals surface area (Å²) in [5, 5.41) is 4.49. The average Bonchev–Trinajstić information content (AvgIpc) is 2.92. The molecule has 0 radical (unpaired) electrons. The Balaban J connectivity index is 1.46. The van der Waals surface area contributed by atoms with Crippen LogP contribution < -0.4 is 19.7 Å². The Labute approximate surface area is 248 Å². The summed E-state index contributed by atoms with van der Waals surface area (Å²) < 4.78 is 13.3. The molecule has 1 N–H and O–H groups in total. The zero-order chi connectivity index (χ0) is 28.6. The van der Waals surface area contributed by atoms with E-state index in [1.807, 2.05) is 26.0 Å². The number of barbiturate groups is 1. The lowest BCUT2D eigenvalue weighted by molar-refractivity contribution is -0.122. The Bertz CT molecular complexity index is 1730.